The molecule has 3 saturated heterocycles. The Balaban J connectivity index is 0.000000833. The minimum absolute atomic E-state index is 0.0113. The minimum atomic E-state index is -5.08. The van der Waals surface area contributed by atoms with Gasteiger partial charge in [-0.05, 0) is 56.4 Å². The molecule has 5 aromatic rings. The molecule has 0 saturated carbocycles. The Morgan fingerprint density at radius 3 is 2.05 bits per heavy atom. The van der Waals surface area contributed by atoms with E-state index in [1.807, 2.05) is 47.4 Å². The Kier molecular flexibility index (Phi) is 14.6. The number of rotatable bonds is 12. The third-order valence-corrected chi connectivity index (χ3v) is 11.5. The van der Waals surface area contributed by atoms with E-state index in [1.165, 1.54) is 0 Å². The van der Waals surface area contributed by atoms with Crippen molar-refractivity contribution < 1.29 is 52.3 Å². The number of carbonyl (C=O) groups excluding carboxylic acids is 2. The number of alkyl halides is 3. The average molecular weight is 905 g/mol. The van der Waals surface area contributed by atoms with Crippen molar-refractivity contribution in [3.05, 3.63) is 102 Å². The molecule has 3 aliphatic heterocycles. The molecular weight excluding hydrogens is 854 g/mol. The molecule has 2 amide bonds. The molecule has 3 fully saturated rings. The molecule has 6 heterocycles. The van der Waals surface area contributed by atoms with E-state index in [0.717, 1.165) is 42.9 Å². The summed E-state index contributed by atoms with van der Waals surface area (Å²) in [6.45, 7) is 6.87. The van der Waals surface area contributed by atoms with Gasteiger partial charge in [-0.2, -0.15) is 23.1 Å². The summed E-state index contributed by atoms with van der Waals surface area (Å²) in [5.74, 6) is -1.36. The van der Waals surface area contributed by atoms with Gasteiger partial charge in [-0.1, -0.05) is 60.7 Å². The van der Waals surface area contributed by atoms with Gasteiger partial charge >= 0.3 is 24.1 Å². The zero-order chi connectivity index (χ0) is 46.3. The number of carbonyl (C=O) groups is 3. The summed E-state index contributed by atoms with van der Waals surface area (Å²) >= 11 is 0. The Morgan fingerprint density at radius 2 is 1.48 bits per heavy atom. The molecule has 2 aromatic carbocycles. The van der Waals surface area contributed by atoms with Crippen molar-refractivity contribution >= 4 is 46.7 Å². The number of aromatic nitrogens is 5. The zero-order valence-electron chi connectivity index (χ0n) is 35.6. The number of ether oxygens (including phenoxy) is 2. The monoisotopic (exact) mass is 904 g/mol. The van der Waals surface area contributed by atoms with Crippen LogP contribution in [0.25, 0.3) is 11.2 Å². The van der Waals surface area contributed by atoms with Crippen LogP contribution in [0, 0.1) is 0 Å². The van der Waals surface area contributed by atoms with Crippen LogP contribution in [0.15, 0.2) is 85.3 Å². The van der Waals surface area contributed by atoms with Gasteiger partial charge in [0, 0.05) is 56.9 Å². The molecule has 8 rings (SSSR count). The highest BCUT2D eigenvalue weighted by Crippen LogP contribution is 2.34. The fraction of sp³-hybridized carbons (Fsp3) is 0.432. The number of carboxylic acids is 1. The Hall–Kier alpha value is -6.58. The first-order chi connectivity index (χ1) is 31.2. The van der Waals surface area contributed by atoms with Gasteiger partial charge in [-0.25, -0.2) is 24.4 Å². The van der Waals surface area contributed by atoms with Crippen LogP contribution in [-0.4, -0.2) is 134 Å². The summed E-state index contributed by atoms with van der Waals surface area (Å²) < 4.78 is 44.4. The van der Waals surface area contributed by atoms with Crippen LogP contribution in [0.2, 0.25) is 0 Å². The molecule has 21 heteroatoms. The maximum atomic E-state index is 13.2. The first-order valence-corrected chi connectivity index (χ1v) is 21.3. The fourth-order valence-corrected chi connectivity index (χ4v) is 8.04. The number of nitrogens with one attached hydrogen (secondary N) is 3. The summed E-state index contributed by atoms with van der Waals surface area (Å²) in [5.41, 5.74) is 3.69. The van der Waals surface area contributed by atoms with Crippen molar-refractivity contribution in [3.63, 3.8) is 0 Å². The maximum Gasteiger partial charge on any atom is 0.490 e. The lowest BCUT2D eigenvalue weighted by Gasteiger charge is -2.33. The Morgan fingerprint density at radius 1 is 0.862 bits per heavy atom. The molecule has 0 aliphatic carbocycles. The van der Waals surface area contributed by atoms with Crippen LogP contribution in [0.4, 0.5) is 35.5 Å². The molecule has 0 unspecified atom stereocenters. The van der Waals surface area contributed by atoms with Crippen molar-refractivity contribution in [2.75, 3.05) is 54.4 Å². The number of amides is 2. The fourth-order valence-electron chi connectivity index (χ4n) is 8.04. The number of esters is 1. The highest BCUT2D eigenvalue weighted by atomic mass is 19.4. The van der Waals surface area contributed by atoms with E-state index in [1.54, 1.807) is 37.0 Å². The van der Waals surface area contributed by atoms with Crippen LogP contribution >= 0.6 is 0 Å². The number of hydrogen-bond donors (Lipinski definition) is 6. The molecule has 3 aliphatic rings. The molecule has 5 atom stereocenters. The lowest BCUT2D eigenvalue weighted by molar-refractivity contribution is -0.192. The van der Waals surface area contributed by atoms with Crippen molar-refractivity contribution in [2.45, 2.75) is 81.8 Å². The average Bonchev–Trinajstić information content (AvgIpc) is 4.02. The van der Waals surface area contributed by atoms with Crippen LogP contribution in [0.3, 0.4) is 0 Å². The van der Waals surface area contributed by atoms with Crippen molar-refractivity contribution in [1.82, 2.24) is 35.1 Å². The predicted molar refractivity (Wildman–Crippen MR) is 232 cm³/mol. The number of aliphatic hydroxyl groups is 2. The number of piperidine rings is 1. The van der Waals surface area contributed by atoms with Gasteiger partial charge in [0.15, 0.2) is 23.2 Å². The number of anilines is 3. The normalized spacial score (nSPS) is 21.2. The van der Waals surface area contributed by atoms with Crippen LogP contribution in [0.5, 0.6) is 0 Å². The number of aliphatic carboxylic acids is 1. The van der Waals surface area contributed by atoms with Crippen LogP contribution in [-0.2, 0) is 14.3 Å². The predicted octanol–water partition coefficient (Wildman–Crippen LogP) is 4.46. The number of hydrogen-bond acceptors (Lipinski definition) is 14. The zero-order valence-corrected chi connectivity index (χ0v) is 35.6. The molecule has 65 heavy (non-hydrogen) atoms. The highest BCUT2D eigenvalue weighted by Gasteiger charge is 2.42. The number of aliphatic hydroxyl groups excluding tert-OH is 2. The van der Waals surface area contributed by atoms with Gasteiger partial charge in [0.2, 0.25) is 5.95 Å². The van der Waals surface area contributed by atoms with E-state index >= 15 is 0 Å². The number of benzene rings is 2. The number of fused-ring (bicyclic) bond motifs is 1. The van der Waals surface area contributed by atoms with E-state index in [4.69, 9.17) is 29.3 Å². The number of carboxylic acid groups (broad SMARTS) is 1. The van der Waals surface area contributed by atoms with Gasteiger partial charge in [0.05, 0.1) is 24.6 Å². The standard InChI is InChI=1S/C42H50N10O6.C2HF3O2/c1-3-57-40(55)29-14-15-33(43-22-29)50-19-16-30(17-20-50)46-42(56)47-31-18-21-51(24-31)41-48-37(34-38(49-41)52(25-45-34)39-36(54)35(53)26(2)58-39)44-23-32(27-10-6-4-7-11-27)28-12-8-5-9-13-28;3-2(4,5)1(6)7/h4-15,22,25-26,30-32,35-36,39,53-54H,3,16-21,23-24H2,1-2H3,(H,44,48,49)(H2,46,47,56);(H,6,7)/t26-,31-,35-,36-,39-;/m1./s1. The van der Waals surface area contributed by atoms with Gasteiger partial charge in [0.25, 0.3) is 0 Å². The molecule has 0 radical (unpaired) electrons. The van der Waals surface area contributed by atoms with Gasteiger partial charge in [-0.15, -0.1) is 0 Å². The molecule has 0 spiro atoms. The number of nitrogens with zero attached hydrogens (tertiary/aromatic N) is 7. The van der Waals surface area contributed by atoms with Crippen LogP contribution < -0.4 is 25.8 Å². The smallest absolute Gasteiger partial charge is 0.475 e. The largest absolute Gasteiger partial charge is 0.490 e. The van der Waals surface area contributed by atoms with Crippen molar-refractivity contribution in [3.8, 4) is 0 Å². The Labute approximate surface area is 371 Å². The first kappa shape index (κ1) is 46.4. The van der Waals surface area contributed by atoms with E-state index < -0.39 is 36.7 Å². The van der Waals surface area contributed by atoms with E-state index in [-0.39, 0.29) is 30.0 Å². The third kappa shape index (κ3) is 11.2. The number of imidazole rings is 1. The summed E-state index contributed by atoms with van der Waals surface area (Å²) in [4.78, 5) is 57.4. The molecule has 3 aromatic heterocycles. The lowest BCUT2D eigenvalue weighted by atomic mass is 9.91. The van der Waals surface area contributed by atoms with E-state index in [2.05, 4.69) is 55.1 Å². The van der Waals surface area contributed by atoms with Crippen molar-refractivity contribution in [2.24, 2.45) is 0 Å². The van der Waals surface area contributed by atoms with Crippen LogP contribution in [0.1, 0.15) is 66.7 Å². The third-order valence-electron chi connectivity index (χ3n) is 11.5. The van der Waals surface area contributed by atoms with E-state index in [9.17, 15) is 33.0 Å². The van der Waals surface area contributed by atoms with Crippen molar-refractivity contribution in [1.29, 1.82) is 0 Å². The topological polar surface area (TPSA) is 229 Å². The Bertz CT molecular complexity index is 2350. The van der Waals surface area contributed by atoms with Gasteiger partial charge in [-0.3, -0.25) is 4.57 Å². The first-order valence-electron chi connectivity index (χ1n) is 21.3. The SMILES string of the molecule is CCOC(=O)c1ccc(N2CCC(NC(=O)N[C@@H]3CCN(c4nc(NCC(c5ccccc5)c5ccccc5)c5ncn([C@@H]6O[C@H](C)[C@@H](O)[C@H]6O)c5n4)C3)CC2)nc1.O=C(O)C(F)(F)F. The molecule has 0 bridgehead atoms. The number of urea groups is 1. The van der Waals surface area contributed by atoms with Gasteiger partial charge < -0.3 is 50.5 Å². The highest BCUT2D eigenvalue weighted by molar-refractivity contribution is 5.89. The second-order valence-electron chi connectivity index (χ2n) is 15.9. The quantitative estimate of drug-likeness (QED) is 0.0950. The molecule has 6 N–H and O–H groups in total. The second-order valence-corrected chi connectivity index (χ2v) is 15.9. The summed E-state index contributed by atoms with van der Waals surface area (Å²) in [6, 6.07) is 23.8. The van der Waals surface area contributed by atoms with Gasteiger partial charge in [0.1, 0.15) is 18.0 Å². The summed E-state index contributed by atoms with van der Waals surface area (Å²) in [5, 5.41) is 38.5. The number of halogens is 3. The minimum Gasteiger partial charge on any atom is -0.475 e. The molecule has 18 nitrogen and oxygen atoms in total. The maximum absolute atomic E-state index is 13.2. The summed E-state index contributed by atoms with van der Waals surface area (Å²) in [6.07, 6.45) is -3.46. The van der Waals surface area contributed by atoms with E-state index in [0.29, 0.717) is 61.2 Å². The lowest BCUT2D eigenvalue weighted by Crippen LogP contribution is -2.50. The number of pyridine rings is 1. The summed E-state index contributed by atoms with van der Waals surface area (Å²) in [7, 11) is 0. The molecular formula is C44H51F3N10O8. The molecule has 346 valence electrons. The second kappa shape index (κ2) is 20.5.